The summed E-state index contributed by atoms with van der Waals surface area (Å²) in [5, 5.41) is 2.85. The second-order valence-electron chi connectivity index (χ2n) is 6.54. The van der Waals surface area contributed by atoms with E-state index >= 15 is 0 Å². The molecule has 6 heteroatoms. The maximum absolute atomic E-state index is 12.0. The van der Waals surface area contributed by atoms with Gasteiger partial charge in [0.05, 0.1) is 6.04 Å². The Bertz CT molecular complexity index is 507. The Balaban J connectivity index is 2.15. The van der Waals surface area contributed by atoms with Crippen molar-refractivity contribution in [1.82, 2.24) is 10.3 Å². The minimum Gasteiger partial charge on any atom is -0.444 e. The molecule has 1 unspecified atom stereocenters. The maximum Gasteiger partial charge on any atom is 0.408 e. The molecule has 1 saturated heterocycles. The minimum atomic E-state index is -0.532. The van der Waals surface area contributed by atoms with Crippen LogP contribution in [0.1, 0.15) is 45.2 Å². The van der Waals surface area contributed by atoms with Crippen LogP contribution in [-0.2, 0) is 4.74 Å². The van der Waals surface area contributed by atoms with E-state index in [1.807, 2.05) is 32.9 Å². The average molecular weight is 306 g/mol. The number of ether oxygens (including phenoxy) is 1. The van der Waals surface area contributed by atoms with Gasteiger partial charge in [0, 0.05) is 31.4 Å². The lowest BCUT2D eigenvalue weighted by Gasteiger charge is -2.26. The van der Waals surface area contributed by atoms with Crippen LogP contribution in [-0.4, -0.2) is 36.3 Å². The van der Waals surface area contributed by atoms with Gasteiger partial charge in [-0.25, -0.2) is 9.78 Å². The maximum atomic E-state index is 12.0. The highest BCUT2D eigenvalue weighted by molar-refractivity contribution is 5.69. The fourth-order valence-electron chi connectivity index (χ4n) is 2.59. The monoisotopic (exact) mass is 306 g/mol. The first-order valence-corrected chi connectivity index (χ1v) is 7.80. The van der Waals surface area contributed by atoms with Gasteiger partial charge in [-0.05, 0) is 39.7 Å². The molecular formula is C16H26N4O2. The summed E-state index contributed by atoms with van der Waals surface area (Å²) < 4.78 is 5.32. The summed E-state index contributed by atoms with van der Waals surface area (Å²) in [4.78, 5) is 18.7. The predicted octanol–water partition coefficient (Wildman–Crippen LogP) is 2.21. The Labute approximate surface area is 132 Å². The molecule has 2 rings (SSSR count). The molecule has 1 aliphatic rings. The third kappa shape index (κ3) is 4.34. The van der Waals surface area contributed by atoms with Crippen molar-refractivity contribution in [3.05, 3.63) is 23.9 Å². The van der Waals surface area contributed by atoms with E-state index in [4.69, 9.17) is 10.5 Å². The Morgan fingerprint density at radius 2 is 2.14 bits per heavy atom. The molecule has 0 saturated carbocycles. The number of anilines is 1. The smallest absolute Gasteiger partial charge is 0.408 e. The number of nitrogens with two attached hydrogens (primary N) is 1. The van der Waals surface area contributed by atoms with Gasteiger partial charge in [0.25, 0.3) is 0 Å². The summed E-state index contributed by atoms with van der Waals surface area (Å²) in [5.74, 6) is 0.909. The van der Waals surface area contributed by atoms with Crippen molar-refractivity contribution in [1.29, 1.82) is 0 Å². The van der Waals surface area contributed by atoms with Crippen LogP contribution in [0.5, 0.6) is 0 Å². The molecule has 0 radical (unpaired) electrons. The summed E-state index contributed by atoms with van der Waals surface area (Å²) >= 11 is 0. The van der Waals surface area contributed by atoms with E-state index in [1.54, 1.807) is 6.20 Å². The van der Waals surface area contributed by atoms with Crippen LogP contribution in [0.2, 0.25) is 0 Å². The number of aromatic nitrogens is 1. The van der Waals surface area contributed by atoms with Crippen molar-refractivity contribution in [3.63, 3.8) is 0 Å². The van der Waals surface area contributed by atoms with E-state index < -0.39 is 11.7 Å². The summed E-state index contributed by atoms with van der Waals surface area (Å²) in [6.07, 6.45) is 3.66. The highest BCUT2D eigenvalue weighted by atomic mass is 16.6. The topological polar surface area (TPSA) is 80.5 Å². The SMILES string of the molecule is CC(C)(C)OC(=O)NC(CN)c1cccnc1N1CCCC1. The van der Waals surface area contributed by atoms with Crippen molar-refractivity contribution in [2.75, 3.05) is 24.5 Å². The second kappa shape index (κ2) is 6.96. The van der Waals surface area contributed by atoms with Crippen LogP contribution in [0, 0.1) is 0 Å². The van der Waals surface area contributed by atoms with Gasteiger partial charge in [0.15, 0.2) is 0 Å². The first kappa shape index (κ1) is 16.5. The number of alkyl carbamates (subject to hydrolysis) is 1. The van der Waals surface area contributed by atoms with Gasteiger partial charge in [-0.15, -0.1) is 0 Å². The molecular weight excluding hydrogens is 280 g/mol. The van der Waals surface area contributed by atoms with Crippen LogP contribution in [0.25, 0.3) is 0 Å². The summed E-state index contributed by atoms with van der Waals surface area (Å²) in [6, 6.07) is 3.53. The lowest BCUT2D eigenvalue weighted by Crippen LogP contribution is -2.38. The Kier molecular flexibility index (Phi) is 5.24. The van der Waals surface area contributed by atoms with Crippen LogP contribution >= 0.6 is 0 Å². The zero-order chi connectivity index (χ0) is 16.2. The second-order valence-corrected chi connectivity index (χ2v) is 6.54. The van der Waals surface area contributed by atoms with Gasteiger partial charge in [0.1, 0.15) is 11.4 Å². The number of carbonyl (C=O) groups is 1. The van der Waals surface area contributed by atoms with Crippen LogP contribution in [0.15, 0.2) is 18.3 Å². The number of pyridine rings is 1. The lowest BCUT2D eigenvalue weighted by atomic mass is 10.1. The third-order valence-corrected chi connectivity index (χ3v) is 3.52. The summed E-state index contributed by atoms with van der Waals surface area (Å²) in [7, 11) is 0. The molecule has 0 aliphatic carbocycles. The van der Waals surface area contributed by atoms with Crippen molar-refractivity contribution in [3.8, 4) is 0 Å². The van der Waals surface area contributed by atoms with E-state index in [1.165, 1.54) is 12.8 Å². The number of hydrogen-bond acceptors (Lipinski definition) is 5. The average Bonchev–Trinajstić information content (AvgIpc) is 2.97. The lowest BCUT2D eigenvalue weighted by molar-refractivity contribution is 0.0505. The normalized spacial score (nSPS) is 16.5. The zero-order valence-corrected chi connectivity index (χ0v) is 13.6. The van der Waals surface area contributed by atoms with Crippen LogP contribution < -0.4 is 16.0 Å². The van der Waals surface area contributed by atoms with Gasteiger partial charge in [0.2, 0.25) is 0 Å². The predicted molar refractivity (Wildman–Crippen MR) is 86.8 cm³/mol. The molecule has 0 bridgehead atoms. The number of amides is 1. The molecule has 1 aromatic rings. The van der Waals surface area contributed by atoms with Crippen LogP contribution in [0.3, 0.4) is 0 Å². The Hall–Kier alpha value is -1.82. The highest BCUT2D eigenvalue weighted by Crippen LogP contribution is 2.26. The standard InChI is InChI=1S/C16H26N4O2/c1-16(2,3)22-15(21)19-13(11-17)12-7-6-8-18-14(12)20-9-4-5-10-20/h6-8,13H,4-5,9-11,17H2,1-3H3,(H,19,21). The largest absolute Gasteiger partial charge is 0.444 e. The molecule has 0 spiro atoms. The van der Waals surface area contributed by atoms with Gasteiger partial charge in [-0.2, -0.15) is 0 Å². The molecule has 6 nitrogen and oxygen atoms in total. The number of nitrogens with zero attached hydrogens (tertiary/aromatic N) is 2. The highest BCUT2D eigenvalue weighted by Gasteiger charge is 2.24. The first-order valence-electron chi connectivity index (χ1n) is 7.80. The molecule has 1 fully saturated rings. The van der Waals surface area contributed by atoms with Crippen LogP contribution in [0.4, 0.5) is 10.6 Å². The molecule has 0 aromatic carbocycles. The summed E-state index contributed by atoms with van der Waals surface area (Å²) in [6.45, 7) is 7.80. The molecule has 122 valence electrons. The van der Waals surface area contributed by atoms with E-state index in [0.717, 1.165) is 24.5 Å². The van der Waals surface area contributed by atoms with E-state index in [-0.39, 0.29) is 6.04 Å². The third-order valence-electron chi connectivity index (χ3n) is 3.52. The molecule has 22 heavy (non-hydrogen) atoms. The van der Waals surface area contributed by atoms with Gasteiger partial charge in [-0.1, -0.05) is 6.07 Å². The van der Waals surface area contributed by atoms with Gasteiger partial charge < -0.3 is 20.7 Å². The number of nitrogens with one attached hydrogen (secondary N) is 1. The molecule has 1 aromatic heterocycles. The molecule has 1 aliphatic heterocycles. The van der Waals surface area contributed by atoms with Gasteiger partial charge in [-0.3, -0.25) is 0 Å². The molecule has 3 N–H and O–H groups in total. The number of carbonyl (C=O) groups excluding carboxylic acids is 1. The molecule has 1 atom stereocenters. The van der Waals surface area contributed by atoms with Crippen molar-refractivity contribution >= 4 is 11.9 Å². The van der Waals surface area contributed by atoms with E-state index in [2.05, 4.69) is 15.2 Å². The van der Waals surface area contributed by atoms with Crippen molar-refractivity contribution in [2.45, 2.75) is 45.3 Å². The molecule has 1 amide bonds. The first-order chi connectivity index (χ1) is 10.4. The fourth-order valence-corrected chi connectivity index (χ4v) is 2.59. The van der Waals surface area contributed by atoms with Gasteiger partial charge >= 0.3 is 6.09 Å². The van der Waals surface area contributed by atoms with E-state index in [9.17, 15) is 4.79 Å². The fraction of sp³-hybridized carbons (Fsp3) is 0.625. The number of hydrogen-bond donors (Lipinski definition) is 2. The Morgan fingerprint density at radius 1 is 1.45 bits per heavy atom. The van der Waals surface area contributed by atoms with E-state index in [0.29, 0.717) is 6.54 Å². The quantitative estimate of drug-likeness (QED) is 0.891. The van der Waals surface area contributed by atoms with Crippen molar-refractivity contribution < 1.29 is 9.53 Å². The zero-order valence-electron chi connectivity index (χ0n) is 13.6. The summed E-state index contributed by atoms with van der Waals surface area (Å²) in [5.41, 5.74) is 6.28. The number of rotatable bonds is 4. The minimum absolute atomic E-state index is 0.297. The van der Waals surface area contributed by atoms with Crippen molar-refractivity contribution in [2.24, 2.45) is 5.73 Å². The molecule has 2 heterocycles. The Morgan fingerprint density at radius 3 is 2.73 bits per heavy atom.